The van der Waals surface area contributed by atoms with Crippen LogP contribution in [0.2, 0.25) is 0 Å². The van der Waals surface area contributed by atoms with E-state index >= 15 is 0 Å². The SMILES string of the molecule is CCC(NC(=O)COc1ccc(C)c(C)c1)C(=O)O. The van der Waals surface area contributed by atoms with Crippen molar-refractivity contribution in [2.75, 3.05) is 6.61 Å². The number of rotatable bonds is 6. The number of hydrogen-bond acceptors (Lipinski definition) is 3. The zero-order chi connectivity index (χ0) is 14.4. The summed E-state index contributed by atoms with van der Waals surface area (Å²) in [6.07, 6.45) is 0.338. The van der Waals surface area contributed by atoms with Gasteiger partial charge in [0.15, 0.2) is 6.61 Å². The average Bonchev–Trinajstić information content (AvgIpc) is 2.37. The highest BCUT2D eigenvalue weighted by atomic mass is 16.5. The molecule has 0 saturated carbocycles. The van der Waals surface area contributed by atoms with E-state index in [0.717, 1.165) is 11.1 Å². The summed E-state index contributed by atoms with van der Waals surface area (Å²) in [5.41, 5.74) is 2.23. The number of aliphatic carboxylic acids is 1. The van der Waals surface area contributed by atoms with Gasteiger partial charge in [0.05, 0.1) is 0 Å². The van der Waals surface area contributed by atoms with Crippen LogP contribution >= 0.6 is 0 Å². The molecular formula is C14H19NO4. The zero-order valence-corrected chi connectivity index (χ0v) is 11.4. The summed E-state index contributed by atoms with van der Waals surface area (Å²) in [6.45, 7) is 5.46. The number of aryl methyl sites for hydroxylation is 2. The summed E-state index contributed by atoms with van der Waals surface area (Å²) in [5, 5.41) is 11.2. The Bertz CT molecular complexity index is 471. The van der Waals surface area contributed by atoms with Crippen molar-refractivity contribution in [3.63, 3.8) is 0 Å². The highest BCUT2D eigenvalue weighted by molar-refractivity contribution is 5.84. The van der Waals surface area contributed by atoms with E-state index in [2.05, 4.69) is 5.32 Å². The molecule has 1 amide bonds. The van der Waals surface area contributed by atoms with E-state index in [4.69, 9.17) is 9.84 Å². The van der Waals surface area contributed by atoms with E-state index in [0.29, 0.717) is 12.2 Å². The first-order valence-corrected chi connectivity index (χ1v) is 6.16. The van der Waals surface area contributed by atoms with Gasteiger partial charge in [-0.3, -0.25) is 4.79 Å². The van der Waals surface area contributed by atoms with Gasteiger partial charge in [0.1, 0.15) is 11.8 Å². The van der Waals surface area contributed by atoms with Gasteiger partial charge < -0.3 is 15.2 Å². The number of ether oxygens (including phenoxy) is 1. The number of carbonyl (C=O) groups excluding carboxylic acids is 1. The third-order valence-corrected chi connectivity index (χ3v) is 2.89. The van der Waals surface area contributed by atoms with Crippen molar-refractivity contribution in [3.8, 4) is 5.75 Å². The van der Waals surface area contributed by atoms with Crippen molar-refractivity contribution >= 4 is 11.9 Å². The minimum atomic E-state index is -1.04. The van der Waals surface area contributed by atoms with Crippen molar-refractivity contribution in [1.29, 1.82) is 0 Å². The van der Waals surface area contributed by atoms with Gasteiger partial charge in [0.2, 0.25) is 0 Å². The predicted octanol–water partition coefficient (Wildman–Crippen LogP) is 1.66. The molecule has 0 heterocycles. The molecule has 0 aliphatic rings. The maximum Gasteiger partial charge on any atom is 0.326 e. The van der Waals surface area contributed by atoms with Gasteiger partial charge in [-0.2, -0.15) is 0 Å². The van der Waals surface area contributed by atoms with Crippen LogP contribution in [0.15, 0.2) is 18.2 Å². The lowest BCUT2D eigenvalue weighted by Gasteiger charge is -2.13. The summed E-state index contributed by atoms with van der Waals surface area (Å²) in [4.78, 5) is 22.3. The van der Waals surface area contributed by atoms with Crippen molar-refractivity contribution < 1.29 is 19.4 Å². The van der Waals surface area contributed by atoms with Gasteiger partial charge in [0.25, 0.3) is 5.91 Å². The number of amides is 1. The van der Waals surface area contributed by atoms with Crippen molar-refractivity contribution in [2.24, 2.45) is 0 Å². The summed E-state index contributed by atoms with van der Waals surface area (Å²) < 4.78 is 5.32. The standard InChI is InChI=1S/C14H19NO4/c1-4-12(14(17)18)15-13(16)8-19-11-6-5-9(2)10(3)7-11/h5-7,12H,4,8H2,1-3H3,(H,15,16)(H,17,18). The molecule has 0 aliphatic heterocycles. The summed E-state index contributed by atoms with van der Waals surface area (Å²) in [5.74, 6) is -0.879. The summed E-state index contributed by atoms with van der Waals surface area (Å²) in [6, 6.07) is 4.67. The lowest BCUT2D eigenvalue weighted by Crippen LogP contribution is -2.42. The molecule has 0 saturated heterocycles. The molecular weight excluding hydrogens is 246 g/mol. The van der Waals surface area contributed by atoms with Crippen LogP contribution in [0.3, 0.4) is 0 Å². The molecule has 0 aromatic heterocycles. The molecule has 104 valence electrons. The molecule has 1 rings (SSSR count). The number of nitrogens with one attached hydrogen (secondary N) is 1. The first-order chi connectivity index (χ1) is 8.93. The third-order valence-electron chi connectivity index (χ3n) is 2.89. The zero-order valence-electron chi connectivity index (χ0n) is 11.4. The first-order valence-electron chi connectivity index (χ1n) is 6.16. The Balaban J connectivity index is 2.49. The molecule has 0 radical (unpaired) electrons. The van der Waals surface area contributed by atoms with E-state index in [9.17, 15) is 9.59 Å². The smallest absolute Gasteiger partial charge is 0.326 e. The van der Waals surface area contributed by atoms with E-state index < -0.39 is 17.9 Å². The van der Waals surface area contributed by atoms with Gasteiger partial charge in [-0.25, -0.2) is 4.79 Å². The third kappa shape index (κ3) is 4.62. The minimum Gasteiger partial charge on any atom is -0.484 e. The Labute approximate surface area is 112 Å². The van der Waals surface area contributed by atoms with Gasteiger partial charge in [0, 0.05) is 0 Å². The van der Waals surface area contributed by atoms with Crippen LogP contribution in [0.1, 0.15) is 24.5 Å². The van der Waals surface area contributed by atoms with Crippen LogP contribution < -0.4 is 10.1 Å². The molecule has 1 atom stereocenters. The fourth-order valence-corrected chi connectivity index (χ4v) is 1.53. The topological polar surface area (TPSA) is 75.6 Å². The lowest BCUT2D eigenvalue weighted by molar-refractivity contribution is -0.142. The lowest BCUT2D eigenvalue weighted by atomic mass is 10.1. The largest absolute Gasteiger partial charge is 0.484 e. The average molecular weight is 265 g/mol. The first kappa shape index (κ1) is 15.0. The summed E-state index contributed by atoms with van der Waals surface area (Å²) >= 11 is 0. The van der Waals surface area contributed by atoms with E-state index in [-0.39, 0.29) is 6.61 Å². The van der Waals surface area contributed by atoms with Gasteiger partial charge in [-0.15, -0.1) is 0 Å². The maximum atomic E-state index is 11.5. The fraction of sp³-hybridized carbons (Fsp3) is 0.429. The maximum absolute atomic E-state index is 11.5. The van der Waals surface area contributed by atoms with Crippen LogP contribution in [0.5, 0.6) is 5.75 Å². The van der Waals surface area contributed by atoms with Crippen molar-refractivity contribution in [1.82, 2.24) is 5.32 Å². The Morgan fingerprint density at radius 2 is 2.00 bits per heavy atom. The number of carbonyl (C=O) groups is 2. The molecule has 1 unspecified atom stereocenters. The molecule has 5 nitrogen and oxygen atoms in total. The number of carboxylic acids is 1. The molecule has 19 heavy (non-hydrogen) atoms. The predicted molar refractivity (Wildman–Crippen MR) is 71.3 cm³/mol. The van der Waals surface area contributed by atoms with Crippen LogP contribution in [0.4, 0.5) is 0 Å². The summed E-state index contributed by atoms with van der Waals surface area (Å²) in [7, 11) is 0. The molecule has 1 aromatic rings. The molecule has 0 spiro atoms. The second kappa shape index (κ2) is 6.78. The molecule has 1 aromatic carbocycles. The van der Waals surface area contributed by atoms with Crippen LogP contribution in [-0.4, -0.2) is 29.6 Å². The van der Waals surface area contributed by atoms with Crippen LogP contribution in [-0.2, 0) is 9.59 Å². The number of benzene rings is 1. The number of carboxylic acid groups (broad SMARTS) is 1. The Morgan fingerprint density at radius 1 is 1.32 bits per heavy atom. The fourth-order valence-electron chi connectivity index (χ4n) is 1.53. The Kier molecular flexibility index (Phi) is 5.36. The van der Waals surface area contributed by atoms with Crippen molar-refractivity contribution in [3.05, 3.63) is 29.3 Å². The quantitative estimate of drug-likeness (QED) is 0.820. The second-order valence-electron chi connectivity index (χ2n) is 4.40. The van der Waals surface area contributed by atoms with Gasteiger partial charge >= 0.3 is 5.97 Å². The monoisotopic (exact) mass is 265 g/mol. The number of hydrogen-bond donors (Lipinski definition) is 2. The molecule has 0 aliphatic carbocycles. The Morgan fingerprint density at radius 3 is 2.53 bits per heavy atom. The van der Waals surface area contributed by atoms with E-state index in [1.807, 2.05) is 26.0 Å². The van der Waals surface area contributed by atoms with Crippen LogP contribution in [0, 0.1) is 13.8 Å². The molecule has 0 fully saturated rings. The van der Waals surface area contributed by atoms with Crippen LogP contribution in [0.25, 0.3) is 0 Å². The molecule has 5 heteroatoms. The highest BCUT2D eigenvalue weighted by Crippen LogP contribution is 2.16. The second-order valence-corrected chi connectivity index (χ2v) is 4.40. The molecule has 2 N–H and O–H groups in total. The molecule has 0 bridgehead atoms. The minimum absolute atomic E-state index is 0.188. The Hall–Kier alpha value is -2.04. The van der Waals surface area contributed by atoms with E-state index in [1.165, 1.54) is 0 Å². The van der Waals surface area contributed by atoms with Gasteiger partial charge in [-0.1, -0.05) is 13.0 Å². The van der Waals surface area contributed by atoms with Gasteiger partial charge in [-0.05, 0) is 43.5 Å². The highest BCUT2D eigenvalue weighted by Gasteiger charge is 2.17. The normalized spacial score (nSPS) is 11.7. The van der Waals surface area contributed by atoms with Crippen molar-refractivity contribution in [2.45, 2.75) is 33.2 Å². The van der Waals surface area contributed by atoms with E-state index in [1.54, 1.807) is 13.0 Å².